The molecular weight excluding hydrogens is 352 g/mol. The molecule has 0 radical (unpaired) electrons. The third-order valence-corrected chi connectivity index (χ3v) is 4.81. The Morgan fingerprint density at radius 3 is 2.70 bits per heavy atom. The molecule has 138 valence electrons. The summed E-state index contributed by atoms with van der Waals surface area (Å²) < 4.78 is 13.0. The highest BCUT2D eigenvalue weighted by Crippen LogP contribution is 2.34. The predicted molar refractivity (Wildman–Crippen MR) is 93.5 cm³/mol. The van der Waals surface area contributed by atoms with Gasteiger partial charge >= 0.3 is 0 Å². The van der Waals surface area contributed by atoms with Crippen molar-refractivity contribution >= 4 is 22.1 Å². The third-order valence-electron chi connectivity index (χ3n) is 4.81. The van der Waals surface area contributed by atoms with Gasteiger partial charge in [0.1, 0.15) is 41.4 Å². The number of para-hydroxylation sites is 1. The van der Waals surface area contributed by atoms with Gasteiger partial charge in [0, 0.05) is 5.39 Å². The van der Waals surface area contributed by atoms with Crippen molar-refractivity contribution in [3.05, 3.63) is 43.0 Å². The van der Waals surface area contributed by atoms with Crippen LogP contribution in [0.2, 0.25) is 0 Å². The van der Waals surface area contributed by atoms with Crippen LogP contribution in [-0.4, -0.2) is 59.8 Å². The number of ether oxygens (including phenoxy) is 1. The van der Waals surface area contributed by atoms with Crippen LogP contribution in [0, 0.1) is 0 Å². The topological polar surface area (TPSA) is 127 Å². The molecule has 1 fully saturated rings. The second kappa shape index (κ2) is 6.10. The van der Waals surface area contributed by atoms with Gasteiger partial charge in [0.05, 0.1) is 12.9 Å². The van der Waals surface area contributed by atoms with E-state index in [2.05, 4.69) is 15.0 Å². The van der Waals surface area contributed by atoms with Crippen LogP contribution in [0.4, 0.5) is 0 Å². The molecule has 27 heavy (non-hydrogen) atoms. The molecule has 1 aliphatic rings. The van der Waals surface area contributed by atoms with E-state index >= 15 is 0 Å². The molecule has 4 atom stereocenters. The highest BCUT2D eigenvalue weighted by Gasteiger charge is 2.44. The Balaban J connectivity index is 1.61. The fraction of sp³-hybridized carbons (Fsp3) is 0.278. The van der Waals surface area contributed by atoms with Crippen molar-refractivity contribution in [3.63, 3.8) is 0 Å². The van der Waals surface area contributed by atoms with Crippen molar-refractivity contribution in [2.45, 2.75) is 24.5 Å². The maximum atomic E-state index is 10.3. The number of furan rings is 1. The molecule has 3 N–H and O–H groups in total. The van der Waals surface area contributed by atoms with Crippen LogP contribution in [0.5, 0.6) is 0 Å². The lowest BCUT2D eigenvalue weighted by molar-refractivity contribution is -0.0511. The average molecular weight is 368 g/mol. The van der Waals surface area contributed by atoms with E-state index in [9.17, 15) is 15.3 Å². The zero-order valence-corrected chi connectivity index (χ0v) is 14.0. The number of imidazole rings is 1. The lowest BCUT2D eigenvalue weighted by Crippen LogP contribution is -2.33. The molecule has 1 saturated heterocycles. The van der Waals surface area contributed by atoms with Gasteiger partial charge in [-0.15, -0.1) is 0 Å². The van der Waals surface area contributed by atoms with Gasteiger partial charge in [-0.3, -0.25) is 4.57 Å². The Hall–Kier alpha value is -2.85. The largest absolute Gasteiger partial charge is 0.454 e. The third kappa shape index (κ3) is 2.44. The Labute approximate surface area is 152 Å². The summed E-state index contributed by atoms with van der Waals surface area (Å²) in [6, 6.07) is 9.51. The molecule has 4 unspecified atom stereocenters. The summed E-state index contributed by atoms with van der Waals surface area (Å²) in [5, 5.41) is 30.5. The molecule has 4 heterocycles. The minimum atomic E-state index is -1.22. The van der Waals surface area contributed by atoms with E-state index in [1.807, 2.05) is 30.3 Å². The fourth-order valence-electron chi connectivity index (χ4n) is 3.43. The van der Waals surface area contributed by atoms with E-state index in [-0.39, 0.29) is 0 Å². The van der Waals surface area contributed by atoms with Gasteiger partial charge in [-0.1, -0.05) is 18.2 Å². The zero-order chi connectivity index (χ0) is 18.5. The number of nitrogens with zero attached hydrogens (tertiary/aromatic N) is 4. The van der Waals surface area contributed by atoms with Crippen molar-refractivity contribution in [2.75, 3.05) is 6.61 Å². The Bertz CT molecular complexity index is 1090. The molecule has 0 spiro atoms. The van der Waals surface area contributed by atoms with Gasteiger partial charge in [0.15, 0.2) is 17.6 Å². The molecular formula is C18H16N4O5. The second-order valence-corrected chi connectivity index (χ2v) is 6.42. The molecule has 5 rings (SSSR count). The quantitative estimate of drug-likeness (QED) is 0.486. The maximum Gasteiger partial charge on any atom is 0.166 e. The summed E-state index contributed by atoms with van der Waals surface area (Å²) in [7, 11) is 0. The first-order chi connectivity index (χ1) is 13.2. The van der Waals surface area contributed by atoms with Gasteiger partial charge < -0.3 is 24.5 Å². The van der Waals surface area contributed by atoms with Crippen LogP contribution in [0.3, 0.4) is 0 Å². The number of aliphatic hydroxyl groups is 3. The lowest BCUT2D eigenvalue weighted by Gasteiger charge is -2.16. The highest BCUT2D eigenvalue weighted by atomic mass is 16.6. The number of fused-ring (bicyclic) bond motifs is 2. The summed E-state index contributed by atoms with van der Waals surface area (Å²) >= 11 is 0. The average Bonchev–Trinajstić information content (AvgIpc) is 3.38. The van der Waals surface area contributed by atoms with Gasteiger partial charge in [-0.2, -0.15) is 0 Å². The molecule has 1 aliphatic heterocycles. The minimum Gasteiger partial charge on any atom is -0.454 e. The number of benzene rings is 1. The summed E-state index contributed by atoms with van der Waals surface area (Å²) in [6.07, 6.45) is -1.37. The second-order valence-electron chi connectivity index (χ2n) is 6.42. The van der Waals surface area contributed by atoms with Crippen molar-refractivity contribution in [1.29, 1.82) is 0 Å². The number of aliphatic hydroxyl groups excluding tert-OH is 3. The van der Waals surface area contributed by atoms with Crippen molar-refractivity contribution in [3.8, 4) is 11.5 Å². The first-order valence-corrected chi connectivity index (χ1v) is 8.46. The van der Waals surface area contributed by atoms with Crippen LogP contribution in [0.15, 0.2) is 47.4 Å². The van der Waals surface area contributed by atoms with Crippen LogP contribution in [0.25, 0.3) is 33.6 Å². The normalized spacial score (nSPS) is 25.6. The van der Waals surface area contributed by atoms with Crippen LogP contribution >= 0.6 is 0 Å². The predicted octanol–water partition coefficient (Wildman–Crippen LogP) is 0.851. The standard InChI is InChI=1S/C18H16N4O5/c23-6-12-15(24)16(25)18(27-12)22-8-21-14-13(19-7-20-17(14)22)11-5-9-3-1-2-4-10(9)26-11/h1-5,7-8,12,15-16,18,23-25H,6H2. The molecule has 0 amide bonds. The van der Waals surface area contributed by atoms with E-state index in [0.29, 0.717) is 22.6 Å². The van der Waals surface area contributed by atoms with Crippen LogP contribution in [0.1, 0.15) is 6.23 Å². The van der Waals surface area contributed by atoms with E-state index < -0.39 is 31.1 Å². The summed E-state index contributed by atoms with van der Waals surface area (Å²) in [4.78, 5) is 12.9. The molecule has 0 bridgehead atoms. The number of hydrogen-bond donors (Lipinski definition) is 3. The molecule has 1 aromatic carbocycles. The molecule has 0 aliphatic carbocycles. The van der Waals surface area contributed by atoms with Gasteiger partial charge in [0.2, 0.25) is 0 Å². The van der Waals surface area contributed by atoms with Crippen molar-refractivity contribution in [1.82, 2.24) is 19.5 Å². The Morgan fingerprint density at radius 2 is 1.93 bits per heavy atom. The molecule has 9 heteroatoms. The van der Waals surface area contributed by atoms with E-state index in [0.717, 1.165) is 11.0 Å². The number of rotatable bonds is 3. The van der Waals surface area contributed by atoms with Gasteiger partial charge in [-0.25, -0.2) is 15.0 Å². The summed E-state index contributed by atoms with van der Waals surface area (Å²) in [6.45, 7) is -0.402. The SMILES string of the molecule is OCC1OC(n2cnc3c(-c4cc5ccccc5o4)ncnc32)C(O)C1O. The van der Waals surface area contributed by atoms with E-state index in [4.69, 9.17) is 9.15 Å². The van der Waals surface area contributed by atoms with Crippen LogP contribution in [-0.2, 0) is 4.74 Å². The van der Waals surface area contributed by atoms with Crippen molar-refractivity contribution in [2.24, 2.45) is 0 Å². The number of aromatic nitrogens is 4. The number of hydrogen-bond acceptors (Lipinski definition) is 8. The first kappa shape index (κ1) is 16.3. The molecule has 3 aromatic heterocycles. The van der Waals surface area contributed by atoms with E-state index in [1.165, 1.54) is 17.2 Å². The smallest absolute Gasteiger partial charge is 0.166 e. The Kier molecular flexibility index (Phi) is 3.69. The molecule has 0 saturated carbocycles. The monoisotopic (exact) mass is 368 g/mol. The van der Waals surface area contributed by atoms with Gasteiger partial charge in [0.25, 0.3) is 0 Å². The zero-order valence-electron chi connectivity index (χ0n) is 14.0. The van der Waals surface area contributed by atoms with Gasteiger partial charge in [-0.05, 0) is 12.1 Å². The highest BCUT2D eigenvalue weighted by molar-refractivity contribution is 5.90. The summed E-state index contributed by atoms with van der Waals surface area (Å²) in [5.41, 5.74) is 2.16. The van der Waals surface area contributed by atoms with E-state index in [1.54, 1.807) is 0 Å². The minimum absolute atomic E-state index is 0.402. The van der Waals surface area contributed by atoms with Crippen molar-refractivity contribution < 1.29 is 24.5 Å². The lowest BCUT2D eigenvalue weighted by atomic mass is 10.1. The Morgan fingerprint density at radius 1 is 1.07 bits per heavy atom. The molecule has 9 nitrogen and oxygen atoms in total. The maximum absolute atomic E-state index is 10.3. The fourth-order valence-corrected chi connectivity index (χ4v) is 3.43. The summed E-state index contributed by atoms with van der Waals surface area (Å²) in [5.74, 6) is 0.551. The molecule has 4 aromatic rings. The van der Waals surface area contributed by atoms with Crippen LogP contribution < -0.4 is 0 Å². The first-order valence-electron chi connectivity index (χ1n) is 8.46.